The van der Waals surface area contributed by atoms with Gasteiger partial charge in [-0.1, -0.05) is 0 Å². The Labute approximate surface area is 155 Å². The van der Waals surface area contributed by atoms with E-state index in [2.05, 4.69) is 10.6 Å². The summed E-state index contributed by atoms with van der Waals surface area (Å²) in [7, 11) is 0. The second kappa shape index (κ2) is 12.0. The van der Waals surface area contributed by atoms with Gasteiger partial charge in [-0.3, -0.25) is 9.59 Å². The highest BCUT2D eigenvalue weighted by Crippen LogP contribution is 2.39. The van der Waals surface area contributed by atoms with Crippen molar-refractivity contribution in [3.8, 4) is 17.2 Å². The highest BCUT2D eigenvalue weighted by molar-refractivity contribution is 5.95. The molecule has 2 N–H and O–H groups in total. The van der Waals surface area contributed by atoms with Gasteiger partial charge in [-0.15, -0.1) is 0 Å². The fraction of sp³-hybridized carbons (Fsp3) is 0.579. The minimum atomic E-state index is -0.200. The maximum absolute atomic E-state index is 12.4. The molecule has 0 heterocycles. The Kier molecular flexibility index (Phi) is 9.97. The maximum Gasteiger partial charge on any atom is 0.251 e. The fourth-order valence-electron chi connectivity index (χ4n) is 2.34. The quantitative estimate of drug-likeness (QED) is 0.555. The van der Waals surface area contributed by atoms with Gasteiger partial charge in [0.15, 0.2) is 11.5 Å². The number of rotatable bonds is 12. The molecule has 0 saturated carbocycles. The lowest BCUT2D eigenvalue weighted by molar-refractivity contribution is -0.118. The first-order valence-corrected chi connectivity index (χ1v) is 9.12. The van der Waals surface area contributed by atoms with Crippen molar-refractivity contribution >= 4 is 11.8 Å². The molecule has 0 atom stereocenters. The third-order valence-corrected chi connectivity index (χ3v) is 3.43. The molecule has 0 aliphatic heterocycles. The lowest BCUT2D eigenvalue weighted by Crippen LogP contribution is -2.26. The van der Waals surface area contributed by atoms with Crippen LogP contribution in [0.25, 0.3) is 0 Å². The molecule has 0 aromatic heterocycles. The zero-order chi connectivity index (χ0) is 19.4. The van der Waals surface area contributed by atoms with Crippen LogP contribution in [0.4, 0.5) is 0 Å². The van der Waals surface area contributed by atoms with Crippen LogP contribution >= 0.6 is 0 Å². The standard InChI is InChI=1S/C19H30N2O5/c1-5-24-16-12-15(13-17(25-6-2)18(16)26-7-3)19(23)21-11-9-8-10-20-14(4)22/h12-13H,5-11H2,1-4H3,(H,20,22)(H,21,23). The summed E-state index contributed by atoms with van der Waals surface area (Å²) in [6.45, 7) is 9.64. The van der Waals surface area contributed by atoms with E-state index >= 15 is 0 Å². The van der Waals surface area contributed by atoms with E-state index in [0.29, 0.717) is 55.7 Å². The summed E-state index contributed by atoms with van der Waals surface area (Å²) < 4.78 is 16.9. The largest absolute Gasteiger partial charge is 0.490 e. The molecule has 0 radical (unpaired) electrons. The van der Waals surface area contributed by atoms with Crippen molar-refractivity contribution in [2.24, 2.45) is 0 Å². The summed E-state index contributed by atoms with van der Waals surface area (Å²) in [5.41, 5.74) is 0.460. The molecular weight excluding hydrogens is 336 g/mol. The van der Waals surface area contributed by atoms with Crippen molar-refractivity contribution in [3.05, 3.63) is 17.7 Å². The second-order valence-corrected chi connectivity index (χ2v) is 5.55. The summed E-state index contributed by atoms with van der Waals surface area (Å²) in [4.78, 5) is 23.2. The van der Waals surface area contributed by atoms with Gasteiger partial charge in [-0.2, -0.15) is 0 Å². The van der Waals surface area contributed by atoms with Gasteiger partial charge in [-0.25, -0.2) is 0 Å². The fourth-order valence-corrected chi connectivity index (χ4v) is 2.34. The molecule has 26 heavy (non-hydrogen) atoms. The van der Waals surface area contributed by atoms with Crippen LogP contribution in [-0.4, -0.2) is 44.7 Å². The lowest BCUT2D eigenvalue weighted by atomic mass is 10.1. The molecule has 146 valence electrons. The highest BCUT2D eigenvalue weighted by atomic mass is 16.5. The summed E-state index contributed by atoms with van der Waals surface area (Å²) in [6.07, 6.45) is 1.58. The van der Waals surface area contributed by atoms with Crippen molar-refractivity contribution in [2.45, 2.75) is 40.5 Å². The van der Waals surface area contributed by atoms with E-state index in [1.165, 1.54) is 6.92 Å². The number of ether oxygens (including phenoxy) is 3. The van der Waals surface area contributed by atoms with Crippen LogP contribution in [0.15, 0.2) is 12.1 Å². The number of hydrogen-bond donors (Lipinski definition) is 2. The van der Waals surface area contributed by atoms with Crippen molar-refractivity contribution in [1.29, 1.82) is 0 Å². The SMILES string of the molecule is CCOc1cc(C(=O)NCCCCNC(C)=O)cc(OCC)c1OCC. The van der Waals surface area contributed by atoms with Gasteiger partial charge < -0.3 is 24.8 Å². The molecule has 0 spiro atoms. The zero-order valence-electron chi connectivity index (χ0n) is 16.1. The number of hydrogen-bond acceptors (Lipinski definition) is 5. The van der Waals surface area contributed by atoms with Gasteiger partial charge in [-0.05, 0) is 45.7 Å². The minimum absolute atomic E-state index is 0.0460. The Bertz CT molecular complexity index is 562. The van der Waals surface area contributed by atoms with E-state index in [0.717, 1.165) is 12.8 Å². The number of nitrogens with one attached hydrogen (secondary N) is 2. The van der Waals surface area contributed by atoms with Crippen molar-refractivity contribution < 1.29 is 23.8 Å². The maximum atomic E-state index is 12.4. The first-order chi connectivity index (χ1) is 12.5. The number of unbranched alkanes of at least 4 members (excludes halogenated alkanes) is 1. The van der Waals surface area contributed by atoms with Crippen LogP contribution in [0.3, 0.4) is 0 Å². The van der Waals surface area contributed by atoms with Crippen LogP contribution in [0, 0.1) is 0 Å². The molecule has 1 aromatic rings. The topological polar surface area (TPSA) is 85.9 Å². The minimum Gasteiger partial charge on any atom is -0.490 e. The van der Waals surface area contributed by atoms with Gasteiger partial charge in [0.1, 0.15) is 0 Å². The number of benzene rings is 1. The van der Waals surface area contributed by atoms with E-state index in [1.807, 2.05) is 20.8 Å². The van der Waals surface area contributed by atoms with Crippen molar-refractivity contribution in [1.82, 2.24) is 10.6 Å². The number of amides is 2. The van der Waals surface area contributed by atoms with E-state index in [9.17, 15) is 9.59 Å². The molecule has 7 heteroatoms. The van der Waals surface area contributed by atoms with Crippen LogP contribution in [0.5, 0.6) is 17.2 Å². The third kappa shape index (κ3) is 7.21. The monoisotopic (exact) mass is 366 g/mol. The Morgan fingerprint density at radius 3 is 1.81 bits per heavy atom. The molecule has 0 fully saturated rings. The van der Waals surface area contributed by atoms with E-state index < -0.39 is 0 Å². The summed E-state index contributed by atoms with van der Waals surface area (Å²) in [6, 6.07) is 3.34. The average molecular weight is 366 g/mol. The van der Waals surface area contributed by atoms with Crippen LogP contribution in [0.2, 0.25) is 0 Å². The average Bonchev–Trinajstić information content (AvgIpc) is 2.60. The predicted molar refractivity (Wildman–Crippen MR) is 100 cm³/mol. The molecule has 7 nitrogen and oxygen atoms in total. The van der Waals surface area contributed by atoms with Gasteiger partial charge in [0.2, 0.25) is 11.7 Å². The third-order valence-electron chi connectivity index (χ3n) is 3.43. The Hall–Kier alpha value is -2.44. The molecule has 1 aromatic carbocycles. The molecule has 0 saturated heterocycles. The van der Waals surface area contributed by atoms with Crippen LogP contribution < -0.4 is 24.8 Å². The number of carbonyl (C=O) groups excluding carboxylic acids is 2. The van der Waals surface area contributed by atoms with Crippen LogP contribution in [0.1, 0.15) is 50.9 Å². The first-order valence-electron chi connectivity index (χ1n) is 9.12. The van der Waals surface area contributed by atoms with E-state index in [-0.39, 0.29) is 11.8 Å². The number of carbonyl (C=O) groups is 2. The summed E-state index contributed by atoms with van der Waals surface area (Å²) in [5.74, 6) is 1.26. The van der Waals surface area contributed by atoms with E-state index in [1.54, 1.807) is 12.1 Å². The molecule has 0 unspecified atom stereocenters. The first kappa shape index (κ1) is 21.6. The lowest BCUT2D eigenvalue weighted by Gasteiger charge is -2.17. The normalized spacial score (nSPS) is 10.2. The molecule has 1 rings (SSSR count). The molecule has 0 bridgehead atoms. The summed E-state index contributed by atoms with van der Waals surface area (Å²) >= 11 is 0. The van der Waals surface area contributed by atoms with Crippen molar-refractivity contribution in [3.63, 3.8) is 0 Å². The van der Waals surface area contributed by atoms with Gasteiger partial charge in [0, 0.05) is 25.6 Å². The van der Waals surface area contributed by atoms with Crippen molar-refractivity contribution in [2.75, 3.05) is 32.9 Å². The van der Waals surface area contributed by atoms with Crippen LogP contribution in [-0.2, 0) is 4.79 Å². The Balaban J connectivity index is 2.77. The van der Waals surface area contributed by atoms with Gasteiger partial charge in [0.25, 0.3) is 5.91 Å². The Morgan fingerprint density at radius 1 is 0.846 bits per heavy atom. The smallest absolute Gasteiger partial charge is 0.251 e. The van der Waals surface area contributed by atoms with E-state index in [4.69, 9.17) is 14.2 Å². The Morgan fingerprint density at radius 2 is 1.35 bits per heavy atom. The zero-order valence-corrected chi connectivity index (χ0v) is 16.1. The second-order valence-electron chi connectivity index (χ2n) is 5.55. The molecule has 0 aliphatic carbocycles. The van der Waals surface area contributed by atoms with Gasteiger partial charge >= 0.3 is 0 Å². The summed E-state index contributed by atoms with van der Waals surface area (Å²) in [5, 5.41) is 5.60. The van der Waals surface area contributed by atoms with Gasteiger partial charge in [0.05, 0.1) is 19.8 Å². The molecular formula is C19H30N2O5. The molecule has 0 aliphatic rings. The highest BCUT2D eigenvalue weighted by Gasteiger charge is 2.18. The predicted octanol–water partition coefficient (Wildman–Crippen LogP) is 2.53. The molecule has 2 amide bonds.